The lowest BCUT2D eigenvalue weighted by atomic mass is 10.0. The van der Waals surface area contributed by atoms with Crippen LogP contribution < -0.4 is 20.9 Å². The van der Waals surface area contributed by atoms with Crippen molar-refractivity contribution in [2.75, 3.05) is 17.3 Å². The molecule has 36 heavy (non-hydrogen) atoms. The maximum absolute atomic E-state index is 14.4. The van der Waals surface area contributed by atoms with Crippen molar-refractivity contribution >= 4 is 29.2 Å². The number of pyridine rings is 1. The van der Waals surface area contributed by atoms with Gasteiger partial charge in [-0.05, 0) is 43.7 Å². The number of carbonyl (C=O) groups is 3. The number of carbonyl (C=O) groups excluding carboxylic acids is 3. The fourth-order valence-corrected chi connectivity index (χ4v) is 3.89. The molecule has 2 heterocycles. The molecule has 0 fully saturated rings. The number of hydrogen-bond acceptors (Lipinski definition) is 5. The van der Waals surface area contributed by atoms with Crippen molar-refractivity contribution in [3.63, 3.8) is 0 Å². The number of anilines is 2. The van der Waals surface area contributed by atoms with Gasteiger partial charge in [-0.2, -0.15) is 13.2 Å². The summed E-state index contributed by atoms with van der Waals surface area (Å²) in [6, 6.07) is 2.58. The van der Waals surface area contributed by atoms with E-state index in [0.29, 0.717) is 11.6 Å². The Kier molecular flexibility index (Phi) is 7.97. The molecule has 1 aromatic carbocycles. The first-order valence-corrected chi connectivity index (χ1v) is 11.3. The summed E-state index contributed by atoms with van der Waals surface area (Å²) in [5.74, 6) is -3.65. The summed E-state index contributed by atoms with van der Waals surface area (Å²) in [6.45, 7) is 5.01. The second-order valence-corrected chi connectivity index (χ2v) is 8.80. The Morgan fingerprint density at radius 3 is 2.42 bits per heavy atom. The number of amides is 3. The van der Waals surface area contributed by atoms with Gasteiger partial charge in [-0.15, -0.1) is 0 Å². The van der Waals surface area contributed by atoms with Crippen molar-refractivity contribution in [3.05, 3.63) is 53.5 Å². The van der Waals surface area contributed by atoms with E-state index < -0.39 is 65.0 Å². The summed E-state index contributed by atoms with van der Waals surface area (Å²) in [6.07, 6.45) is -3.57. The van der Waals surface area contributed by atoms with E-state index >= 15 is 0 Å². The van der Waals surface area contributed by atoms with Gasteiger partial charge in [0.2, 0.25) is 11.8 Å². The normalized spacial score (nSPS) is 16.9. The Balaban J connectivity index is 1.98. The van der Waals surface area contributed by atoms with E-state index in [1.165, 1.54) is 6.20 Å². The summed E-state index contributed by atoms with van der Waals surface area (Å²) in [5, 5.41) is 7.46. The molecule has 3 atom stereocenters. The highest BCUT2D eigenvalue weighted by molar-refractivity contribution is 6.09. The third-order valence-electron chi connectivity index (χ3n) is 5.98. The quantitative estimate of drug-likeness (QED) is 0.498. The molecule has 194 valence electrons. The van der Waals surface area contributed by atoms with Gasteiger partial charge in [0.1, 0.15) is 23.7 Å². The van der Waals surface area contributed by atoms with E-state index in [4.69, 9.17) is 0 Å². The van der Waals surface area contributed by atoms with Crippen LogP contribution in [0, 0.1) is 11.7 Å². The lowest BCUT2D eigenvalue weighted by Crippen LogP contribution is -2.57. The van der Waals surface area contributed by atoms with Crippen LogP contribution in [0.3, 0.4) is 0 Å². The van der Waals surface area contributed by atoms with Gasteiger partial charge in [-0.3, -0.25) is 19.3 Å². The van der Waals surface area contributed by atoms with Gasteiger partial charge in [0.15, 0.2) is 0 Å². The maximum Gasteiger partial charge on any atom is 0.418 e. The number of rotatable bonds is 7. The van der Waals surface area contributed by atoms with Crippen LogP contribution in [-0.4, -0.2) is 47.9 Å². The highest BCUT2D eigenvalue weighted by Gasteiger charge is 2.44. The monoisotopic (exact) mass is 509 g/mol. The second-order valence-electron chi connectivity index (χ2n) is 8.80. The van der Waals surface area contributed by atoms with Crippen LogP contribution in [0.2, 0.25) is 0 Å². The van der Waals surface area contributed by atoms with Crippen molar-refractivity contribution in [2.45, 2.75) is 51.5 Å². The molecule has 0 saturated heterocycles. The number of alkyl halides is 3. The number of nitrogens with zero attached hydrogens (tertiary/aromatic N) is 2. The summed E-state index contributed by atoms with van der Waals surface area (Å²) in [5.41, 5.74) is -1.87. The summed E-state index contributed by atoms with van der Waals surface area (Å²) in [4.78, 5) is 44.7. The van der Waals surface area contributed by atoms with Crippen LogP contribution in [0.4, 0.5) is 29.1 Å². The largest absolute Gasteiger partial charge is 0.418 e. The van der Waals surface area contributed by atoms with E-state index in [-0.39, 0.29) is 12.2 Å². The number of benzene rings is 1. The molecule has 3 amide bonds. The number of para-hydroxylation sites is 1. The first kappa shape index (κ1) is 27.1. The minimum absolute atomic E-state index is 0.0533. The zero-order valence-corrected chi connectivity index (χ0v) is 20.1. The summed E-state index contributed by atoms with van der Waals surface area (Å²) in [7, 11) is 1.58. The van der Waals surface area contributed by atoms with Crippen molar-refractivity contribution in [1.82, 2.24) is 15.6 Å². The van der Waals surface area contributed by atoms with Crippen LogP contribution in [0.15, 0.2) is 36.5 Å². The number of halogens is 4. The second kappa shape index (κ2) is 10.6. The topological polar surface area (TPSA) is 103 Å². The lowest BCUT2D eigenvalue weighted by Gasteiger charge is -2.31. The van der Waals surface area contributed by atoms with Gasteiger partial charge in [-0.1, -0.05) is 26.0 Å². The number of aromatic nitrogens is 1. The van der Waals surface area contributed by atoms with E-state index in [1.807, 2.05) is 5.32 Å². The smallest absolute Gasteiger partial charge is 0.343 e. The highest BCUT2D eigenvalue weighted by atomic mass is 19.4. The minimum atomic E-state index is -4.92. The van der Waals surface area contributed by atoms with E-state index in [0.717, 1.165) is 17.0 Å². The molecule has 0 radical (unpaired) electrons. The molecule has 12 heteroatoms. The van der Waals surface area contributed by atoms with Crippen LogP contribution in [0.25, 0.3) is 0 Å². The highest BCUT2D eigenvalue weighted by Crippen LogP contribution is 2.37. The van der Waals surface area contributed by atoms with Gasteiger partial charge in [0.25, 0.3) is 5.91 Å². The molecular formula is C24H27F4N5O3. The number of likely N-dealkylation sites (N-methyl/N-ethyl adjacent to an activating group) is 1. The fraction of sp³-hybridized carbons (Fsp3) is 0.417. The first-order valence-electron chi connectivity index (χ1n) is 11.3. The molecule has 3 rings (SSSR count). The molecule has 1 aliphatic heterocycles. The molecule has 2 aromatic rings. The first-order chi connectivity index (χ1) is 16.9. The van der Waals surface area contributed by atoms with Crippen LogP contribution in [0.5, 0.6) is 0 Å². The van der Waals surface area contributed by atoms with Crippen molar-refractivity contribution in [3.8, 4) is 0 Å². The number of hydrogen-bond donors (Lipinski definition) is 3. The minimum Gasteiger partial charge on any atom is -0.343 e. The number of nitrogens with one attached hydrogen (secondary N) is 3. The predicted molar refractivity (Wildman–Crippen MR) is 125 cm³/mol. The Morgan fingerprint density at radius 2 is 1.81 bits per heavy atom. The molecule has 1 aliphatic rings. The van der Waals surface area contributed by atoms with Crippen LogP contribution in [0.1, 0.15) is 31.9 Å². The maximum atomic E-state index is 14.4. The zero-order valence-electron chi connectivity index (χ0n) is 20.1. The fourth-order valence-electron chi connectivity index (χ4n) is 3.89. The molecule has 8 nitrogen and oxygen atoms in total. The molecular weight excluding hydrogens is 482 g/mol. The lowest BCUT2D eigenvalue weighted by molar-refractivity contribution is -0.137. The Hall–Kier alpha value is -3.54. The number of fused-ring (bicyclic) bond motifs is 1. The summed E-state index contributed by atoms with van der Waals surface area (Å²) >= 11 is 0. The van der Waals surface area contributed by atoms with E-state index in [2.05, 4.69) is 15.6 Å². The third kappa shape index (κ3) is 5.48. The average Bonchev–Trinajstić information content (AvgIpc) is 3.21. The van der Waals surface area contributed by atoms with Crippen LogP contribution >= 0.6 is 0 Å². The molecule has 0 aliphatic carbocycles. The average molecular weight is 510 g/mol. The van der Waals surface area contributed by atoms with Gasteiger partial charge in [-0.25, -0.2) is 9.37 Å². The molecule has 0 spiro atoms. The summed E-state index contributed by atoms with van der Waals surface area (Å²) < 4.78 is 54.7. The van der Waals surface area contributed by atoms with Crippen molar-refractivity contribution in [1.29, 1.82) is 0 Å². The molecule has 0 saturated carbocycles. The van der Waals surface area contributed by atoms with Crippen LogP contribution in [-0.2, 0) is 27.0 Å². The van der Waals surface area contributed by atoms with Crippen molar-refractivity contribution < 1.29 is 31.9 Å². The zero-order chi connectivity index (χ0) is 26.8. The SMILES string of the molecule is CN[C@@H](C)C(=O)N[C@H](C(=O)N1c2ncccc2C[C@H]1C(=O)Nc1c(F)cccc1C(F)(F)F)C(C)C. The van der Waals surface area contributed by atoms with Gasteiger partial charge < -0.3 is 16.0 Å². The van der Waals surface area contributed by atoms with Crippen molar-refractivity contribution in [2.24, 2.45) is 5.92 Å². The van der Waals surface area contributed by atoms with Gasteiger partial charge in [0, 0.05) is 12.6 Å². The molecule has 1 aromatic heterocycles. The standard InChI is InChI=1S/C24H27F4N5O3/c1-12(2)18(31-21(34)13(3)29-4)23(36)33-17(11-14-7-6-10-30-20(14)33)22(35)32-19-15(24(26,27)28)8-5-9-16(19)25/h5-10,12-13,17-18,29H,11H2,1-4H3,(H,31,34)(H,32,35)/t13-,17-,18-/m0/s1. The van der Waals surface area contributed by atoms with Gasteiger partial charge in [0.05, 0.1) is 17.3 Å². The van der Waals surface area contributed by atoms with E-state index in [9.17, 15) is 31.9 Å². The predicted octanol–water partition coefficient (Wildman–Crippen LogP) is 2.88. The van der Waals surface area contributed by atoms with Gasteiger partial charge >= 0.3 is 6.18 Å². The molecule has 0 bridgehead atoms. The van der Waals surface area contributed by atoms with E-state index in [1.54, 1.807) is 40.0 Å². The Bertz CT molecular complexity index is 1150. The Labute approximate surface area is 205 Å². The molecule has 0 unspecified atom stereocenters. The Morgan fingerprint density at radius 1 is 1.11 bits per heavy atom. The molecule has 3 N–H and O–H groups in total. The third-order valence-corrected chi connectivity index (χ3v) is 5.98.